The number of hydrogen-bond acceptors (Lipinski definition) is 0. The Morgan fingerprint density at radius 1 is 0.233 bits per heavy atom. The van der Waals surface area contributed by atoms with Crippen molar-refractivity contribution in [2.24, 2.45) is 172 Å². The summed E-state index contributed by atoms with van der Waals surface area (Å²) in [6.45, 7) is 47.2. The second kappa shape index (κ2) is 48.7. The number of fused-ring (bicyclic) bond motifs is 10. The summed E-state index contributed by atoms with van der Waals surface area (Å²) in [5, 5.41) is 0. The van der Waals surface area contributed by atoms with Gasteiger partial charge in [-0.15, -0.1) is 0 Å². The molecule has 29 unspecified atom stereocenters. The summed E-state index contributed by atoms with van der Waals surface area (Å²) in [6, 6.07) is 6.77. The molecule has 0 spiro atoms. The molecule has 674 valence electrons. The van der Waals surface area contributed by atoms with E-state index in [1.54, 1.807) is 39.0 Å². The first-order valence-electron chi connectivity index (χ1n) is 53.4. The van der Waals surface area contributed by atoms with Crippen molar-refractivity contribution in [1.29, 1.82) is 0 Å². The lowest BCUT2D eigenvalue weighted by Gasteiger charge is -2.37. The first kappa shape index (κ1) is 97.2. The lowest BCUT2D eigenvalue weighted by Crippen LogP contribution is -2.26. The van der Waals surface area contributed by atoms with E-state index in [9.17, 15) is 0 Å². The van der Waals surface area contributed by atoms with E-state index in [1.165, 1.54) is 298 Å². The van der Waals surface area contributed by atoms with Gasteiger partial charge in [0.25, 0.3) is 0 Å². The van der Waals surface area contributed by atoms with Crippen LogP contribution < -0.4 is 0 Å². The Kier molecular flexibility index (Phi) is 39.5. The third-order valence-electron chi connectivity index (χ3n) is 35.4. The zero-order valence-corrected chi connectivity index (χ0v) is 82.7. The molecule has 0 heteroatoms. The van der Waals surface area contributed by atoms with Gasteiger partial charge < -0.3 is 0 Å². The van der Waals surface area contributed by atoms with Crippen LogP contribution in [0.5, 0.6) is 0 Å². The van der Waals surface area contributed by atoms with Crippen LogP contribution in [0.4, 0.5) is 0 Å². The first-order chi connectivity index (χ1) is 57.5. The smallest absolute Gasteiger partial charge is 0.00669 e. The van der Waals surface area contributed by atoms with Crippen molar-refractivity contribution < 1.29 is 0 Å². The summed E-state index contributed by atoms with van der Waals surface area (Å²) in [5.74, 6) is 28.1. The van der Waals surface area contributed by atoms with Gasteiger partial charge in [-0.1, -0.05) is 277 Å². The third kappa shape index (κ3) is 31.5. The van der Waals surface area contributed by atoms with Gasteiger partial charge in [0.1, 0.15) is 0 Å². The van der Waals surface area contributed by atoms with Gasteiger partial charge in [0.05, 0.1) is 0 Å². The Morgan fingerprint density at radius 3 is 1.12 bits per heavy atom. The molecule has 0 saturated heterocycles. The van der Waals surface area contributed by atoms with E-state index >= 15 is 0 Å². The van der Waals surface area contributed by atoms with Crippen molar-refractivity contribution >= 4 is 0 Å². The molecule has 19 aliphatic rings. The van der Waals surface area contributed by atoms with Crippen LogP contribution in [0.2, 0.25) is 0 Å². The Morgan fingerprint density at radius 2 is 0.633 bits per heavy atom. The van der Waals surface area contributed by atoms with Crippen LogP contribution in [0.3, 0.4) is 0 Å². The van der Waals surface area contributed by atoms with E-state index < -0.39 is 0 Å². The minimum atomic E-state index is 0.847. The topological polar surface area (TPSA) is 0 Å². The SMILES string of the molecule is CC1=CC2CCC(C)CC2CC1.CC1=CC2CCC(C)CC2CC1.CC1=CCC2CC(C)CCC2C1.CC1=CCc2cc(C)ccc2C1.CC1C=C2CCC(C)CC2CC1.CC1C=C2CCC(C)CC2CC1.CC1C=CC2CC(C)CCC2C1.CC1C=CC2CC(C)CCC2C1.CC1CCC2CC(C)CC=C2C1.CC1CCC2CC(C)CC=C2C1. The average Bonchev–Trinajstić information content (AvgIpc) is 0.914. The first-order valence-corrected chi connectivity index (χ1v) is 53.4. The molecular weight excluding hydrogens is 1440 g/mol. The van der Waals surface area contributed by atoms with Crippen molar-refractivity contribution in [3.8, 4) is 0 Å². The molecule has 1 aromatic carbocycles. The van der Waals surface area contributed by atoms with E-state index in [0.717, 1.165) is 184 Å². The molecule has 120 heavy (non-hydrogen) atoms. The number of benzene rings is 1. The van der Waals surface area contributed by atoms with Crippen molar-refractivity contribution in [3.63, 3.8) is 0 Å². The fraction of sp³-hybridized carbons (Fsp3) is 0.783. The number of allylic oxidation sites excluding steroid dienone is 20. The summed E-state index contributed by atoms with van der Waals surface area (Å²) >= 11 is 0. The molecule has 9 saturated carbocycles. The highest BCUT2D eigenvalue weighted by Gasteiger charge is 2.37. The Labute approximate surface area is 746 Å². The zero-order chi connectivity index (χ0) is 85.5. The molecule has 0 aromatic heterocycles. The van der Waals surface area contributed by atoms with Gasteiger partial charge in [-0.2, -0.15) is 0 Å². The predicted octanol–water partition coefficient (Wildman–Crippen LogP) is 36.8. The molecule has 19 aliphatic carbocycles. The van der Waals surface area contributed by atoms with Crippen LogP contribution in [0.1, 0.15) is 424 Å². The molecule has 0 N–H and O–H groups in total. The Bertz CT molecular complexity index is 3360. The van der Waals surface area contributed by atoms with Crippen LogP contribution >= 0.6 is 0 Å². The zero-order valence-electron chi connectivity index (χ0n) is 82.7. The van der Waals surface area contributed by atoms with Crippen LogP contribution in [-0.4, -0.2) is 0 Å². The van der Waals surface area contributed by atoms with Crippen molar-refractivity contribution in [2.75, 3.05) is 0 Å². The van der Waals surface area contributed by atoms with Gasteiger partial charge in [-0.25, -0.2) is 0 Å². The lowest BCUT2D eigenvalue weighted by molar-refractivity contribution is 0.180. The normalized spacial score (nSPS) is 40.2. The second-order valence-electron chi connectivity index (χ2n) is 47.9. The minimum absolute atomic E-state index is 0.847. The fourth-order valence-electron chi connectivity index (χ4n) is 27.6. The molecule has 0 aliphatic heterocycles. The molecule has 29 atom stereocenters. The average molecular weight is 1640 g/mol. The van der Waals surface area contributed by atoms with Crippen LogP contribution in [0.15, 0.2) is 136 Å². The van der Waals surface area contributed by atoms with E-state index in [-0.39, 0.29) is 0 Å². The third-order valence-corrected chi connectivity index (χ3v) is 35.4. The summed E-state index contributed by atoms with van der Waals surface area (Å²) in [4.78, 5) is 0. The van der Waals surface area contributed by atoms with Gasteiger partial charge in [0.2, 0.25) is 0 Å². The van der Waals surface area contributed by atoms with Gasteiger partial charge in [0.15, 0.2) is 0 Å². The highest BCUT2D eigenvalue weighted by molar-refractivity contribution is 5.39. The molecular formula is C120H194. The van der Waals surface area contributed by atoms with Gasteiger partial charge >= 0.3 is 0 Å². The molecule has 9 fully saturated rings. The predicted molar refractivity (Wildman–Crippen MR) is 529 cm³/mol. The molecule has 0 heterocycles. The minimum Gasteiger partial charge on any atom is -0.0854 e. The Hall–Kier alpha value is -3.38. The maximum absolute atomic E-state index is 2.56. The summed E-state index contributed by atoms with van der Waals surface area (Å²) in [5.41, 5.74) is 18.0. The molecule has 0 nitrogen and oxygen atoms in total. The summed E-state index contributed by atoms with van der Waals surface area (Å²) in [6.07, 6.45) is 94.4. The highest BCUT2D eigenvalue weighted by atomic mass is 14.4. The maximum atomic E-state index is 2.56. The van der Waals surface area contributed by atoms with Crippen LogP contribution in [0, 0.1) is 179 Å². The standard InChI is InChI=1S/9C12H20.C12H14/c10*1-9-3-5-12-8-10(2)4-6-11(12)7-9/h2*7,10-12H,3-6,8H2,1-2H3;2*7,9-10,12H,3-6,8H2,1-2H3;2*5,9-11H,3-4,6-8H2,1-2H3;3,10-12H,4-8H2,1-2H3;2*3,5,9-12H,4,6-8H2,1-2H3;3-5,7H,6,8H2,1-2H3. The van der Waals surface area contributed by atoms with Gasteiger partial charge in [0, 0.05) is 0 Å². The Balaban J connectivity index is 0.000000130. The summed E-state index contributed by atoms with van der Waals surface area (Å²) in [7, 11) is 0. The van der Waals surface area contributed by atoms with Crippen LogP contribution in [-0.2, 0) is 12.8 Å². The second-order valence-corrected chi connectivity index (χ2v) is 47.9. The molecule has 0 radical (unpaired) electrons. The highest BCUT2D eigenvalue weighted by Crippen LogP contribution is 2.49. The van der Waals surface area contributed by atoms with Crippen molar-refractivity contribution in [1.82, 2.24) is 0 Å². The van der Waals surface area contributed by atoms with Gasteiger partial charge in [-0.3, -0.25) is 0 Å². The number of rotatable bonds is 0. The number of aryl methyl sites for hydroxylation is 1. The maximum Gasteiger partial charge on any atom is -0.00669 e. The summed E-state index contributed by atoms with van der Waals surface area (Å²) < 4.78 is 0. The van der Waals surface area contributed by atoms with E-state index in [2.05, 4.69) is 230 Å². The van der Waals surface area contributed by atoms with E-state index in [4.69, 9.17) is 0 Å². The van der Waals surface area contributed by atoms with E-state index in [1.807, 2.05) is 0 Å². The molecule has 20 rings (SSSR count). The number of hydrogen-bond donors (Lipinski definition) is 0. The molecule has 0 amide bonds. The molecule has 1 aromatic rings. The van der Waals surface area contributed by atoms with Gasteiger partial charge in [-0.05, 0) is 474 Å². The van der Waals surface area contributed by atoms with Crippen LogP contribution in [0.25, 0.3) is 0 Å². The quantitative estimate of drug-likeness (QED) is 0.227. The van der Waals surface area contributed by atoms with E-state index in [0.29, 0.717) is 0 Å². The lowest BCUT2D eigenvalue weighted by atomic mass is 9.68. The largest absolute Gasteiger partial charge is 0.0854 e. The van der Waals surface area contributed by atoms with Crippen molar-refractivity contribution in [2.45, 2.75) is 427 Å². The monoisotopic (exact) mass is 1640 g/mol. The van der Waals surface area contributed by atoms with Crippen molar-refractivity contribution in [3.05, 3.63) is 152 Å². The molecule has 0 bridgehead atoms. The fourth-order valence-corrected chi connectivity index (χ4v) is 27.6.